The van der Waals surface area contributed by atoms with Crippen LogP contribution in [0.5, 0.6) is 0 Å². The van der Waals surface area contributed by atoms with E-state index in [1.807, 2.05) is 12.1 Å². The van der Waals surface area contributed by atoms with E-state index >= 15 is 0 Å². The summed E-state index contributed by atoms with van der Waals surface area (Å²) >= 11 is 0. The minimum atomic E-state index is 0.927. The van der Waals surface area contributed by atoms with Crippen LogP contribution in [0, 0.1) is 13.8 Å². The number of hydrogen-bond acceptors (Lipinski definition) is 1. The highest BCUT2D eigenvalue weighted by Crippen LogP contribution is 2.43. The second-order valence-corrected chi connectivity index (χ2v) is 11.8. The van der Waals surface area contributed by atoms with Crippen molar-refractivity contribution in [1.29, 1.82) is 0 Å². The summed E-state index contributed by atoms with van der Waals surface area (Å²) in [4.78, 5) is 0. The molecule has 43 heavy (non-hydrogen) atoms. The van der Waals surface area contributed by atoms with Crippen molar-refractivity contribution in [1.82, 2.24) is 0 Å². The molecule has 0 fully saturated rings. The molecule has 9 aromatic rings. The summed E-state index contributed by atoms with van der Waals surface area (Å²) in [7, 11) is 0. The van der Waals surface area contributed by atoms with Crippen molar-refractivity contribution in [2.75, 3.05) is 0 Å². The summed E-state index contributed by atoms with van der Waals surface area (Å²) < 4.78 is 6.33. The first-order valence-corrected chi connectivity index (χ1v) is 14.9. The lowest BCUT2D eigenvalue weighted by Gasteiger charge is -2.17. The normalized spacial score (nSPS) is 12.0. The van der Waals surface area contributed by atoms with Gasteiger partial charge in [0, 0.05) is 16.3 Å². The molecule has 0 aliphatic heterocycles. The van der Waals surface area contributed by atoms with Crippen molar-refractivity contribution in [3.8, 4) is 33.4 Å². The van der Waals surface area contributed by atoms with E-state index in [0.717, 1.165) is 33.1 Å². The maximum atomic E-state index is 6.33. The number of benzene rings is 8. The Balaban J connectivity index is 1.21. The monoisotopic (exact) mass is 548 g/mol. The maximum absolute atomic E-state index is 6.33. The zero-order chi connectivity index (χ0) is 28.7. The fourth-order valence-electron chi connectivity index (χ4n) is 7.21. The van der Waals surface area contributed by atoms with E-state index in [1.54, 1.807) is 0 Å². The fourth-order valence-corrected chi connectivity index (χ4v) is 7.21. The lowest BCUT2D eigenvalue weighted by molar-refractivity contribution is 0.670. The number of rotatable bonds is 3. The smallest absolute Gasteiger partial charge is 0.143 e. The molecule has 0 spiro atoms. The number of furan rings is 1. The van der Waals surface area contributed by atoms with E-state index in [-0.39, 0.29) is 0 Å². The Labute approximate surface area is 250 Å². The van der Waals surface area contributed by atoms with E-state index in [1.165, 1.54) is 65.7 Å². The molecule has 0 amide bonds. The van der Waals surface area contributed by atoms with E-state index in [9.17, 15) is 0 Å². The van der Waals surface area contributed by atoms with Gasteiger partial charge in [0.25, 0.3) is 0 Å². The van der Waals surface area contributed by atoms with Gasteiger partial charge < -0.3 is 4.42 Å². The molecule has 0 unspecified atom stereocenters. The Morgan fingerprint density at radius 3 is 1.77 bits per heavy atom. The standard InChI is InChI=1S/C42H28O/c1-25-10-19-31(26(2)24-25)34-21-16-30-17-22-36-32(20-15-29-18-23-37(34)41(30)40(29)36)27-11-13-28(14-12-27)33-7-5-8-38-35-6-3-4-9-39(35)43-42(33)38/h3-24H,1-2H3. The van der Waals surface area contributed by atoms with Crippen LogP contribution in [0.3, 0.4) is 0 Å². The summed E-state index contributed by atoms with van der Waals surface area (Å²) in [5, 5.41) is 10.2. The number of fused-ring (bicyclic) bond motifs is 3. The van der Waals surface area contributed by atoms with Crippen molar-refractivity contribution in [3.05, 3.63) is 145 Å². The van der Waals surface area contributed by atoms with Gasteiger partial charge in [-0.1, -0.05) is 133 Å². The van der Waals surface area contributed by atoms with Gasteiger partial charge in [-0.2, -0.15) is 0 Å². The first-order valence-electron chi connectivity index (χ1n) is 14.9. The molecule has 0 bridgehead atoms. The Morgan fingerprint density at radius 1 is 0.419 bits per heavy atom. The molecule has 1 nitrogen and oxygen atoms in total. The van der Waals surface area contributed by atoms with E-state index < -0.39 is 0 Å². The Kier molecular flexibility index (Phi) is 5.10. The quantitative estimate of drug-likeness (QED) is 0.200. The van der Waals surface area contributed by atoms with Crippen LogP contribution < -0.4 is 0 Å². The van der Waals surface area contributed by atoms with Gasteiger partial charge in [-0.25, -0.2) is 0 Å². The highest BCUT2D eigenvalue weighted by atomic mass is 16.3. The van der Waals surface area contributed by atoms with E-state index in [0.29, 0.717) is 0 Å². The lowest BCUT2D eigenvalue weighted by Crippen LogP contribution is -1.91. The minimum Gasteiger partial charge on any atom is -0.455 e. The Bertz CT molecular complexity index is 2510. The topological polar surface area (TPSA) is 13.1 Å². The number of para-hydroxylation sites is 2. The van der Waals surface area contributed by atoms with Gasteiger partial charge in [0.2, 0.25) is 0 Å². The number of hydrogen-bond donors (Lipinski definition) is 0. The molecule has 9 rings (SSSR count). The average molecular weight is 549 g/mol. The van der Waals surface area contributed by atoms with Gasteiger partial charge in [-0.3, -0.25) is 0 Å². The zero-order valence-electron chi connectivity index (χ0n) is 24.1. The van der Waals surface area contributed by atoms with Gasteiger partial charge in [0.15, 0.2) is 0 Å². The van der Waals surface area contributed by atoms with Crippen molar-refractivity contribution in [3.63, 3.8) is 0 Å². The van der Waals surface area contributed by atoms with Crippen LogP contribution in [-0.4, -0.2) is 0 Å². The molecule has 1 heteroatoms. The molecule has 1 heterocycles. The first-order chi connectivity index (χ1) is 21.1. The molecular formula is C42H28O. The molecule has 0 N–H and O–H groups in total. The van der Waals surface area contributed by atoms with Crippen LogP contribution in [0.1, 0.15) is 11.1 Å². The van der Waals surface area contributed by atoms with Gasteiger partial charge in [0.05, 0.1) is 0 Å². The summed E-state index contributed by atoms with van der Waals surface area (Å²) in [6, 6.07) is 48.8. The molecular weight excluding hydrogens is 520 g/mol. The molecule has 0 aliphatic rings. The van der Waals surface area contributed by atoms with Crippen LogP contribution in [0.2, 0.25) is 0 Å². The lowest BCUT2D eigenvalue weighted by atomic mass is 9.86. The molecule has 0 saturated carbocycles. The van der Waals surface area contributed by atoms with Gasteiger partial charge in [-0.05, 0) is 85.6 Å². The van der Waals surface area contributed by atoms with Crippen LogP contribution in [0.4, 0.5) is 0 Å². The van der Waals surface area contributed by atoms with E-state index in [4.69, 9.17) is 4.42 Å². The number of aryl methyl sites for hydroxylation is 2. The van der Waals surface area contributed by atoms with Crippen molar-refractivity contribution in [2.45, 2.75) is 13.8 Å². The molecule has 202 valence electrons. The summed E-state index contributed by atoms with van der Waals surface area (Å²) in [5.41, 5.74) is 11.8. The van der Waals surface area contributed by atoms with Gasteiger partial charge >= 0.3 is 0 Å². The molecule has 0 saturated heterocycles. The maximum Gasteiger partial charge on any atom is 0.143 e. The third kappa shape index (κ3) is 3.58. The molecule has 0 atom stereocenters. The first kappa shape index (κ1) is 24.2. The third-order valence-electron chi connectivity index (χ3n) is 9.25. The van der Waals surface area contributed by atoms with Gasteiger partial charge in [0.1, 0.15) is 11.2 Å². The minimum absolute atomic E-state index is 0.927. The van der Waals surface area contributed by atoms with Crippen LogP contribution in [0.25, 0.3) is 87.6 Å². The molecule has 0 radical (unpaired) electrons. The predicted octanol–water partition coefficient (Wildman–Crippen LogP) is 12.1. The van der Waals surface area contributed by atoms with Crippen molar-refractivity contribution < 1.29 is 4.42 Å². The fraction of sp³-hybridized carbons (Fsp3) is 0.0476. The highest BCUT2D eigenvalue weighted by Gasteiger charge is 2.16. The van der Waals surface area contributed by atoms with Crippen LogP contribution in [-0.2, 0) is 0 Å². The SMILES string of the molecule is Cc1ccc(-c2ccc3ccc4c(-c5ccc(-c6cccc7c6oc6ccccc67)cc5)ccc5ccc2c3c54)c(C)c1. The third-order valence-corrected chi connectivity index (χ3v) is 9.25. The molecule has 0 aliphatic carbocycles. The second-order valence-electron chi connectivity index (χ2n) is 11.8. The molecule has 1 aromatic heterocycles. The van der Waals surface area contributed by atoms with Crippen LogP contribution >= 0.6 is 0 Å². The van der Waals surface area contributed by atoms with Gasteiger partial charge in [-0.15, -0.1) is 0 Å². The zero-order valence-corrected chi connectivity index (χ0v) is 24.1. The molecule has 8 aromatic carbocycles. The summed E-state index contributed by atoms with van der Waals surface area (Å²) in [5.74, 6) is 0. The Morgan fingerprint density at radius 2 is 1.02 bits per heavy atom. The Hall–Kier alpha value is -5.40. The highest BCUT2D eigenvalue weighted by molar-refractivity contribution is 6.27. The largest absolute Gasteiger partial charge is 0.455 e. The average Bonchev–Trinajstić information content (AvgIpc) is 3.43. The van der Waals surface area contributed by atoms with Crippen molar-refractivity contribution in [2.24, 2.45) is 0 Å². The predicted molar refractivity (Wildman–Crippen MR) is 183 cm³/mol. The van der Waals surface area contributed by atoms with Crippen LogP contribution in [0.15, 0.2) is 138 Å². The second kappa shape index (κ2) is 9.05. The van der Waals surface area contributed by atoms with Crippen molar-refractivity contribution >= 4 is 54.3 Å². The summed E-state index contributed by atoms with van der Waals surface area (Å²) in [6.45, 7) is 4.38. The summed E-state index contributed by atoms with van der Waals surface area (Å²) in [6.07, 6.45) is 0. The van der Waals surface area contributed by atoms with E-state index in [2.05, 4.69) is 135 Å².